The van der Waals surface area contributed by atoms with Crippen molar-refractivity contribution in [3.05, 3.63) is 35.9 Å². The number of carboxylic acids is 1. The number of hydrogen-bond donors (Lipinski definition) is 3. The van der Waals surface area contributed by atoms with Crippen LogP contribution in [0.1, 0.15) is 31.2 Å². The highest BCUT2D eigenvalue weighted by Gasteiger charge is 2.39. The first kappa shape index (κ1) is 13.4. The molecule has 0 aliphatic heterocycles. The van der Waals surface area contributed by atoms with Crippen LogP contribution >= 0.6 is 0 Å². The fourth-order valence-corrected chi connectivity index (χ4v) is 2.13. The zero-order valence-corrected chi connectivity index (χ0v) is 10.8. The Labute approximate surface area is 112 Å². The number of nitrogens with one attached hydrogen (secondary N) is 2. The summed E-state index contributed by atoms with van der Waals surface area (Å²) in [6.07, 6.45) is 1.27. The molecule has 5 nitrogen and oxygen atoms in total. The minimum atomic E-state index is -1.01. The first-order valence-corrected chi connectivity index (χ1v) is 6.46. The molecule has 0 bridgehead atoms. The molecule has 2 amide bonds. The highest BCUT2D eigenvalue weighted by Crippen LogP contribution is 2.40. The summed E-state index contributed by atoms with van der Waals surface area (Å²) < 4.78 is 0. The number of urea groups is 1. The van der Waals surface area contributed by atoms with E-state index in [1.165, 1.54) is 5.56 Å². The van der Waals surface area contributed by atoms with E-state index in [9.17, 15) is 9.59 Å². The summed E-state index contributed by atoms with van der Waals surface area (Å²) >= 11 is 0. The molecule has 0 saturated heterocycles. The van der Waals surface area contributed by atoms with Crippen LogP contribution in [0.15, 0.2) is 30.3 Å². The zero-order chi connectivity index (χ0) is 13.8. The van der Waals surface area contributed by atoms with Crippen LogP contribution in [-0.2, 0) is 4.79 Å². The van der Waals surface area contributed by atoms with Gasteiger partial charge >= 0.3 is 12.0 Å². The van der Waals surface area contributed by atoms with Gasteiger partial charge in [0.1, 0.15) is 6.04 Å². The highest BCUT2D eigenvalue weighted by molar-refractivity contribution is 5.82. The summed E-state index contributed by atoms with van der Waals surface area (Å²) in [5.41, 5.74) is 1.21. The molecule has 1 saturated carbocycles. The second-order valence-electron chi connectivity index (χ2n) is 4.78. The first-order valence-electron chi connectivity index (χ1n) is 6.46. The van der Waals surface area contributed by atoms with Crippen LogP contribution in [0.25, 0.3) is 0 Å². The molecule has 2 unspecified atom stereocenters. The van der Waals surface area contributed by atoms with Crippen molar-refractivity contribution in [2.75, 3.05) is 0 Å². The summed E-state index contributed by atoms with van der Waals surface area (Å²) in [6, 6.07) is 8.86. The summed E-state index contributed by atoms with van der Waals surface area (Å²) in [7, 11) is 0. The molecule has 3 N–H and O–H groups in total. The van der Waals surface area contributed by atoms with Gasteiger partial charge in [-0.25, -0.2) is 9.59 Å². The quantitative estimate of drug-likeness (QED) is 0.755. The van der Waals surface area contributed by atoms with Gasteiger partial charge in [-0.15, -0.1) is 0 Å². The molecule has 0 radical (unpaired) electrons. The van der Waals surface area contributed by atoms with Gasteiger partial charge in [-0.3, -0.25) is 0 Å². The smallest absolute Gasteiger partial charge is 0.326 e. The second-order valence-corrected chi connectivity index (χ2v) is 4.78. The average Bonchev–Trinajstić information content (AvgIpc) is 3.16. The topological polar surface area (TPSA) is 78.4 Å². The SMILES string of the molecule is CC[C@H](NC(=O)NC1CC1c1ccccc1)C(=O)O. The number of carbonyl (C=O) groups is 2. The number of hydrogen-bond acceptors (Lipinski definition) is 2. The Hall–Kier alpha value is -2.04. The summed E-state index contributed by atoms with van der Waals surface area (Å²) in [4.78, 5) is 22.5. The van der Waals surface area contributed by atoms with Crippen molar-refractivity contribution in [1.82, 2.24) is 10.6 Å². The van der Waals surface area contributed by atoms with E-state index in [0.29, 0.717) is 12.3 Å². The molecule has 1 fully saturated rings. The maximum Gasteiger partial charge on any atom is 0.326 e. The van der Waals surface area contributed by atoms with E-state index in [1.54, 1.807) is 6.92 Å². The monoisotopic (exact) mass is 262 g/mol. The third kappa shape index (κ3) is 3.47. The molecule has 1 aromatic rings. The molecular weight excluding hydrogens is 244 g/mol. The lowest BCUT2D eigenvalue weighted by molar-refractivity contribution is -0.139. The van der Waals surface area contributed by atoms with Gasteiger partial charge in [0.2, 0.25) is 0 Å². The molecule has 3 atom stereocenters. The molecule has 1 aliphatic rings. The van der Waals surface area contributed by atoms with Crippen molar-refractivity contribution in [3.63, 3.8) is 0 Å². The lowest BCUT2D eigenvalue weighted by Gasteiger charge is -2.13. The number of amides is 2. The van der Waals surface area contributed by atoms with Crippen molar-refractivity contribution in [2.24, 2.45) is 0 Å². The van der Waals surface area contributed by atoms with Crippen molar-refractivity contribution in [3.8, 4) is 0 Å². The van der Waals surface area contributed by atoms with E-state index < -0.39 is 18.0 Å². The van der Waals surface area contributed by atoms with Crippen LogP contribution in [0.2, 0.25) is 0 Å². The number of carboxylic acid groups (broad SMARTS) is 1. The molecule has 0 heterocycles. The van der Waals surface area contributed by atoms with E-state index in [2.05, 4.69) is 10.6 Å². The van der Waals surface area contributed by atoms with Gasteiger partial charge in [0.15, 0.2) is 0 Å². The van der Waals surface area contributed by atoms with Gasteiger partial charge in [0.05, 0.1) is 0 Å². The predicted octanol–water partition coefficient (Wildman–Crippen LogP) is 1.70. The van der Waals surface area contributed by atoms with Crippen LogP contribution < -0.4 is 10.6 Å². The molecule has 1 aliphatic carbocycles. The highest BCUT2D eigenvalue weighted by atomic mass is 16.4. The van der Waals surface area contributed by atoms with Crippen molar-refractivity contribution in [2.45, 2.75) is 37.8 Å². The molecule has 1 aromatic carbocycles. The summed E-state index contributed by atoms with van der Waals surface area (Å²) in [6.45, 7) is 1.73. The van der Waals surface area contributed by atoms with Crippen LogP contribution in [0.4, 0.5) is 4.79 Å². The predicted molar refractivity (Wildman–Crippen MR) is 71.0 cm³/mol. The molecule has 0 aromatic heterocycles. The Bertz CT molecular complexity index is 461. The molecule has 5 heteroatoms. The van der Waals surface area contributed by atoms with Gasteiger partial charge in [0, 0.05) is 12.0 Å². The van der Waals surface area contributed by atoms with E-state index in [4.69, 9.17) is 5.11 Å². The van der Waals surface area contributed by atoms with Crippen LogP contribution in [-0.4, -0.2) is 29.2 Å². The summed E-state index contributed by atoms with van der Waals surface area (Å²) in [5.74, 6) is -0.662. The van der Waals surface area contributed by atoms with E-state index in [0.717, 1.165) is 6.42 Å². The van der Waals surface area contributed by atoms with Crippen LogP contribution in [0.5, 0.6) is 0 Å². The maximum absolute atomic E-state index is 11.7. The van der Waals surface area contributed by atoms with Crippen LogP contribution in [0.3, 0.4) is 0 Å². The Morgan fingerprint density at radius 1 is 1.37 bits per heavy atom. The van der Waals surface area contributed by atoms with Crippen molar-refractivity contribution >= 4 is 12.0 Å². The third-order valence-electron chi connectivity index (χ3n) is 3.35. The minimum absolute atomic E-state index is 0.105. The van der Waals surface area contributed by atoms with Gasteiger partial charge in [0.25, 0.3) is 0 Å². The van der Waals surface area contributed by atoms with Crippen LogP contribution in [0, 0.1) is 0 Å². The number of benzene rings is 1. The Balaban J connectivity index is 1.81. The van der Waals surface area contributed by atoms with Gasteiger partial charge in [-0.1, -0.05) is 37.3 Å². The number of carbonyl (C=O) groups excluding carboxylic acids is 1. The molecule has 19 heavy (non-hydrogen) atoms. The maximum atomic E-state index is 11.7. The number of rotatable bonds is 5. The van der Waals surface area contributed by atoms with Crippen molar-refractivity contribution in [1.29, 1.82) is 0 Å². The molecule has 102 valence electrons. The second kappa shape index (κ2) is 5.73. The Morgan fingerprint density at radius 2 is 2.05 bits per heavy atom. The van der Waals surface area contributed by atoms with E-state index in [1.807, 2.05) is 30.3 Å². The minimum Gasteiger partial charge on any atom is -0.480 e. The lowest BCUT2D eigenvalue weighted by atomic mass is 10.1. The zero-order valence-electron chi connectivity index (χ0n) is 10.8. The van der Waals surface area contributed by atoms with Gasteiger partial charge in [-0.2, -0.15) is 0 Å². The Morgan fingerprint density at radius 3 is 2.63 bits per heavy atom. The van der Waals surface area contributed by atoms with E-state index in [-0.39, 0.29) is 6.04 Å². The Kier molecular flexibility index (Phi) is 4.04. The molecule has 0 spiro atoms. The largest absolute Gasteiger partial charge is 0.480 e. The van der Waals surface area contributed by atoms with E-state index >= 15 is 0 Å². The van der Waals surface area contributed by atoms with Gasteiger partial charge < -0.3 is 15.7 Å². The fourth-order valence-electron chi connectivity index (χ4n) is 2.13. The van der Waals surface area contributed by atoms with Gasteiger partial charge in [-0.05, 0) is 18.4 Å². The first-order chi connectivity index (χ1) is 9.11. The lowest BCUT2D eigenvalue weighted by Crippen LogP contribution is -2.46. The molecule has 2 rings (SSSR count). The fraction of sp³-hybridized carbons (Fsp3) is 0.429. The third-order valence-corrected chi connectivity index (χ3v) is 3.35. The number of aliphatic carboxylic acids is 1. The summed E-state index contributed by atoms with van der Waals surface area (Å²) in [5, 5.41) is 14.1. The average molecular weight is 262 g/mol. The standard InChI is InChI=1S/C14H18N2O3/c1-2-11(13(17)18)15-14(19)16-12-8-10(12)9-6-4-3-5-7-9/h3-7,10-12H,2,8H2,1H3,(H,17,18)(H2,15,16,19)/t10?,11-,12?/m0/s1. The molecular formula is C14H18N2O3. The van der Waals surface area contributed by atoms with Crippen molar-refractivity contribution < 1.29 is 14.7 Å². The normalized spacial score (nSPS) is 22.4.